The molecule has 0 aliphatic carbocycles. The average Bonchev–Trinajstić information content (AvgIpc) is 2.47. The fourth-order valence-corrected chi connectivity index (χ4v) is 2.01. The number of nitrogens with zero attached hydrogens (tertiary/aromatic N) is 2. The first-order chi connectivity index (χ1) is 11.0. The van der Waals surface area contributed by atoms with Crippen molar-refractivity contribution in [2.75, 3.05) is 17.2 Å². The van der Waals surface area contributed by atoms with Gasteiger partial charge in [0.15, 0.2) is 0 Å². The molecule has 2 rings (SSSR count). The van der Waals surface area contributed by atoms with Gasteiger partial charge in [0, 0.05) is 30.4 Å². The molecule has 7 heteroatoms. The van der Waals surface area contributed by atoms with Crippen molar-refractivity contribution in [3.05, 3.63) is 41.8 Å². The van der Waals surface area contributed by atoms with E-state index in [0.29, 0.717) is 24.0 Å². The van der Waals surface area contributed by atoms with Crippen LogP contribution >= 0.6 is 0 Å². The van der Waals surface area contributed by atoms with E-state index in [2.05, 4.69) is 20.6 Å². The summed E-state index contributed by atoms with van der Waals surface area (Å²) in [6, 6.07) is 6.06. The summed E-state index contributed by atoms with van der Waals surface area (Å²) in [5, 5.41) is 6.05. The van der Waals surface area contributed by atoms with E-state index in [1.807, 2.05) is 13.8 Å². The molecule has 122 valence electrons. The van der Waals surface area contributed by atoms with Crippen LogP contribution in [0.15, 0.2) is 30.5 Å². The second-order valence-electron chi connectivity index (χ2n) is 5.43. The van der Waals surface area contributed by atoms with E-state index in [1.54, 1.807) is 18.3 Å². The van der Waals surface area contributed by atoms with Gasteiger partial charge in [0.25, 0.3) is 0 Å². The molecule has 0 unspecified atom stereocenters. The van der Waals surface area contributed by atoms with Crippen LogP contribution in [-0.4, -0.2) is 22.4 Å². The molecule has 0 saturated carbocycles. The van der Waals surface area contributed by atoms with Gasteiger partial charge in [0.1, 0.15) is 11.6 Å². The van der Waals surface area contributed by atoms with Gasteiger partial charge in [-0.05, 0) is 24.1 Å². The topological polar surface area (TPSA) is 92.9 Å². The molecule has 2 aromatic rings. The van der Waals surface area contributed by atoms with Crippen LogP contribution in [0.5, 0.6) is 0 Å². The molecule has 1 amide bonds. The Kier molecular flexibility index (Phi) is 5.46. The van der Waals surface area contributed by atoms with Crippen LogP contribution in [0, 0.1) is 5.82 Å². The predicted molar refractivity (Wildman–Crippen MR) is 88.1 cm³/mol. The standard InChI is InChI=1S/C16H20FN5O/c1-10(2)13-9-20-16(21-12-5-3-4-11(17)8-12)22-15(13)19-7-6-14(18)23/h3-5,8-10H,6-7H2,1-2H3,(H2,18,23)(H2,19,20,21,22). The molecule has 4 N–H and O–H groups in total. The molecule has 1 aromatic carbocycles. The monoisotopic (exact) mass is 317 g/mol. The zero-order valence-electron chi connectivity index (χ0n) is 13.1. The minimum absolute atomic E-state index is 0.216. The zero-order valence-corrected chi connectivity index (χ0v) is 13.1. The van der Waals surface area contributed by atoms with Gasteiger partial charge >= 0.3 is 0 Å². The molecule has 1 aromatic heterocycles. The summed E-state index contributed by atoms with van der Waals surface area (Å²) in [5.74, 6) is 0.482. The van der Waals surface area contributed by atoms with Crippen LogP contribution in [0.1, 0.15) is 31.7 Å². The van der Waals surface area contributed by atoms with Crippen LogP contribution in [0.25, 0.3) is 0 Å². The molecule has 0 radical (unpaired) electrons. The molecular weight excluding hydrogens is 297 g/mol. The molecule has 0 atom stereocenters. The lowest BCUT2D eigenvalue weighted by Crippen LogP contribution is -2.17. The Bertz CT molecular complexity index is 690. The number of hydrogen-bond acceptors (Lipinski definition) is 5. The fourth-order valence-electron chi connectivity index (χ4n) is 2.01. The highest BCUT2D eigenvalue weighted by Gasteiger charge is 2.11. The fraction of sp³-hybridized carbons (Fsp3) is 0.312. The number of primary amides is 1. The van der Waals surface area contributed by atoms with Gasteiger partial charge in [-0.25, -0.2) is 9.37 Å². The minimum atomic E-state index is -0.379. The van der Waals surface area contributed by atoms with Gasteiger partial charge in [0.2, 0.25) is 11.9 Å². The largest absolute Gasteiger partial charge is 0.370 e. The van der Waals surface area contributed by atoms with Crippen LogP contribution < -0.4 is 16.4 Å². The highest BCUT2D eigenvalue weighted by molar-refractivity contribution is 5.74. The quantitative estimate of drug-likeness (QED) is 0.730. The number of benzene rings is 1. The minimum Gasteiger partial charge on any atom is -0.370 e. The van der Waals surface area contributed by atoms with Crippen LogP contribution in [0.4, 0.5) is 21.8 Å². The average molecular weight is 317 g/mol. The number of aromatic nitrogens is 2. The van der Waals surface area contributed by atoms with E-state index in [0.717, 1.165) is 5.56 Å². The summed E-state index contributed by atoms with van der Waals surface area (Å²) in [7, 11) is 0. The summed E-state index contributed by atoms with van der Waals surface area (Å²) in [4.78, 5) is 19.5. The van der Waals surface area contributed by atoms with E-state index < -0.39 is 0 Å². The first-order valence-corrected chi connectivity index (χ1v) is 7.37. The molecule has 0 bridgehead atoms. The Balaban J connectivity index is 2.19. The molecule has 1 heterocycles. The number of carbonyl (C=O) groups excluding carboxylic acids is 1. The number of halogens is 1. The molecule has 0 aliphatic rings. The van der Waals surface area contributed by atoms with Crippen LogP contribution in [0.2, 0.25) is 0 Å². The number of amides is 1. The highest BCUT2D eigenvalue weighted by Crippen LogP contribution is 2.24. The van der Waals surface area contributed by atoms with Crippen molar-refractivity contribution < 1.29 is 9.18 Å². The molecule has 0 aliphatic heterocycles. The van der Waals surface area contributed by atoms with E-state index in [4.69, 9.17) is 5.73 Å². The Morgan fingerprint density at radius 3 is 2.83 bits per heavy atom. The lowest BCUT2D eigenvalue weighted by molar-refractivity contribution is -0.117. The first-order valence-electron chi connectivity index (χ1n) is 7.37. The third-order valence-corrected chi connectivity index (χ3v) is 3.18. The van der Waals surface area contributed by atoms with Gasteiger partial charge in [-0.3, -0.25) is 4.79 Å². The first kappa shape index (κ1) is 16.7. The number of nitrogens with two attached hydrogens (primary N) is 1. The van der Waals surface area contributed by atoms with Crippen LogP contribution in [0.3, 0.4) is 0 Å². The lowest BCUT2D eigenvalue weighted by atomic mass is 10.1. The number of nitrogens with one attached hydrogen (secondary N) is 2. The summed E-state index contributed by atoms with van der Waals surface area (Å²) in [5.41, 5.74) is 6.63. The Morgan fingerprint density at radius 1 is 1.39 bits per heavy atom. The second-order valence-corrected chi connectivity index (χ2v) is 5.43. The van der Waals surface area contributed by atoms with Gasteiger partial charge < -0.3 is 16.4 Å². The maximum Gasteiger partial charge on any atom is 0.229 e. The van der Waals surface area contributed by atoms with Crippen LogP contribution in [-0.2, 0) is 4.79 Å². The lowest BCUT2D eigenvalue weighted by Gasteiger charge is -2.14. The molecule has 0 saturated heterocycles. The van der Waals surface area contributed by atoms with Crippen molar-refractivity contribution in [1.82, 2.24) is 9.97 Å². The normalized spacial score (nSPS) is 10.6. The van der Waals surface area contributed by atoms with Crippen molar-refractivity contribution in [3.8, 4) is 0 Å². The van der Waals surface area contributed by atoms with E-state index >= 15 is 0 Å². The molecule has 23 heavy (non-hydrogen) atoms. The number of carbonyl (C=O) groups is 1. The third-order valence-electron chi connectivity index (χ3n) is 3.18. The summed E-state index contributed by atoms with van der Waals surface area (Å²) in [6.45, 7) is 4.45. The smallest absolute Gasteiger partial charge is 0.229 e. The third kappa shape index (κ3) is 4.91. The molecule has 6 nitrogen and oxygen atoms in total. The SMILES string of the molecule is CC(C)c1cnc(Nc2cccc(F)c2)nc1NCCC(N)=O. The number of hydrogen-bond donors (Lipinski definition) is 3. The highest BCUT2D eigenvalue weighted by atomic mass is 19.1. The van der Waals surface area contributed by atoms with Gasteiger partial charge in [-0.2, -0.15) is 4.98 Å². The molecule has 0 fully saturated rings. The number of anilines is 3. The molecule has 0 spiro atoms. The van der Waals surface area contributed by atoms with Gasteiger partial charge in [0.05, 0.1) is 0 Å². The van der Waals surface area contributed by atoms with Crippen molar-refractivity contribution in [2.45, 2.75) is 26.2 Å². The Morgan fingerprint density at radius 2 is 2.17 bits per heavy atom. The van der Waals surface area contributed by atoms with E-state index in [-0.39, 0.29) is 24.1 Å². The van der Waals surface area contributed by atoms with Crippen molar-refractivity contribution in [3.63, 3.8) is 0 Å². The second kappa shape index (κ2) is 7.53. The summed E-state index contributed by atoms with van der Waals surface area (Å²) in [6.07, 6.45) is 1.93. The van der Waals surface area contributed by atoms with E-state index in [1.165, 1.54) is 12.1 Å². The zero-order chi connectivity index (χ0) is 16.8. The van der Waals surface area contributed by atoms with Crippen molar-refractivity contribution >= 4 is 23.4 Å². The number of rotatable bonds is 7. The predicted octanol–water partition coefficient (Wildman–Crippen LogP) is 2.77. The Labute approximate surface area is 134 Å². The summed E-state index contributed by atoms with van der Waals surface area (Å²) >= 11 is 0. The van der Waals surface area contributed by atoms with Gasteiger partial charge in [-0.15, -0.1) is 0 Å². The molecular formula is C16H20FN5O. The van der Waals surface area contributed by atoms with Crippen molar-refractivity contribution in [2.24, 2.45) is 5.73 Å². The van der Waals surface area contributed by atoms with Gasteiger partial charge in [-0.1, -0.05) is 19.9 Å². The maximum atomic E-state index is 13.2. The van der Waals surface area contributed by atoms with E-state index in [9.17, 15) is 9.18 Å². The Hall–Kier alpha value is -2.70. The van der Waals surface area contributed by atoms with Crippen molar-refractivity contribution in [1.29, 1.82) is 0 Å². The summed E-state index contributed by atoms with van der Waals surface area (Å²) < 4.78 is 13.2. The maximum absolute atomic E-state index is 13.2.